The Labute approximate surface area is 166 Å². The van der Waals surface area contributed by atoms with Gasteiger partial charge < -0.3 is 19.7 Å². The van der Waals surface area contributed by atoms with Crippen LogP contribution in [0.1, 0.15) is 23.6 Å². The summed E-state index contributed by atoms with van der Waals surface area (Å²) < 4.78 is 11.4. The third kappa shape index (κ3) is 4.29. The fourth-order valence-electron chi connectivity index (χ4n) is 3.57. The van der Waals surface area contributed by atoms with Crippen LogP contribution in [0.15, 0.2) is 42.5 Å². The van der Waals surface area contributed by atoms with Crippen molar-refractivity contribution in [2.75, 3.05) is 25.5 Å². The molecule has 2 aromatic rings. The van der Waals surface area contributed by atoms with E-state index in [0.29, 0.717) is 25.8 Å². The number of rotatable bonds is 4. The average Bonchev–Trinajstić information content (AvgIpc) is 3.44. The van der Waals surface area contributed by atoms with Crippen LogP contribution >= 0.6 is 0 Å². The molecule has 0 spiro atoms. The maximum atomic E-state index is 12.7. The Bertz CT molecular complexity index is 853. The van der Waals surface area contributed by atoms with Crippen molar-refractivity contribution in [1.29, 1.82) is 0 Å². The number of hydrogen-bond donors (Lipinski definition) is 1. The van der Waals surface area contributed by atoms with Gasteiger partial charge in [-0.25, -0.2) is 4.79 Å². The van der Waals surface area contributed by atoms with E-state index >= 15 is 0 Å². The van der Waals surface area contributed by atoms with Gasteiger partial charge in [-0.05, 0) is 50.7 Å². The first kappa shape index (κ1) is 18.8. The molecule has 4 rings (SSSR count). The summed E-state index contributed by atoms with van der Waals surface area (Å²) in [5.41, 5.74) is 4.19. The molecule has 2 heterocycles. The van der Waals surface area contributed by atoms with Crippen molar-refractivity contribution < 1.29 is 14.3 Å². The summed E-state index contributed by atoms with van der Waals surface area (Å²) in [6.45, 7) is 6.48. The number of nitrogens with zero attached hydrogens (tertiary/aromatic N) is 2. The van der Waals surface area contributed by atoms with E-state index in [1.165, 1.54) is 11.1 Å². The largest absolute Gasteiger partial charge is 0.491 e. The summed E-state index contributed by atoms with van der Waals surface area (Å²) in [6, 6.07) is 13.9. The molecule has 1 fully saturated rings. The highest BCUT2D eigenvalue weighted by atomic mass is 16.6. The Morgan fingerprint density at radius 3 is 2.71 bits per heavy atom. The van der Waals surface area contributed by atoms with Gasteiger partial charge in [0.15, 0.2) is 0 Å². The van der Waals surface area contributed by atoms with Crippen LogP contribution in [0.4, 0.5) is 10.5 Å². The van der Waals surface area contributed by atoms with E-state index in [1.54, 1.807) is 4.90 Å². The lowest BCUT2D eigenvalue weighted by molar-refractivity contribution is 0.200. The predicted molar refractivity (Wildman–Crippen MR) is 108 cm³/mol. The van der Waals surface area contributed by atoms with Crippen LogP contribution in [0, 0.1) is 6.92 Å². The first-order valence-corrected chi connectivity index (χ1v) is 9.72. The van der Waals surface area contributed by atoms with E-state index in [0.717, 1.165) is 23.5 Å². The van der Waals surface area contributed by atoms with Gasteiger partial charge in [-0.2, -0.15) is 0 Å². The number of urea groups is 1. The molecule has 28 heavy (non-hydrogen) atoms. The van der Waals surface area contributed by atoms with Crippen LogP contribution in [0.3, 0.4) is 0 Å². The molecule has 0 aromatic heterocycles. The van der Waals surface area contributed by atoms with Crippen molar-refractivity contribution in [2.24, 2.45) is 0 Å². The van der Waals surface area contributed by atoms with Gasteiger partial charge in [-0.1, -0.05) is 23.8 Å². The number of hydrogen-bond acceptors (Lipinski definition) is 4. The Hall–Kier alpha value is -2.57. The highest BCUT2D eigenvalue weighted by Gasteiger charge is 2.37. The first-order chi connectivity index (χ1) is 13.5. The lowest BCUT2D eigenvalue weighted by Crippen LogP contribution is -2.36. The van der Waals surface area contributed by atoms with E-state index in [-0.39, 0.29) is 12.3 Å². The molecule has 0 aliphatic carbocycles. The minimum Gasteiger partial charge on any atom is -0.491 e. The highest BCUT2D eigenvalue weighted by Crippen LogP contribution is 2.28. The van der Waals surface area contributed by atoms with E-state index in [9.17, 15) is 4.79 Å². The average molecular weight is 381 g/mol. The van der Waals surface area contributed by atoms with Crippen molar-refractivity contribution in [1.82, 2.24) is 9.80 Å². The Kier molecular flexibility index (Phi) is 5.24. The zero-order valence-corrected chi connectivity index (χ0v) is 16.6. The topological polar surface area (TPSA) is 57.3 Å². The molecular weight excluding hydrogens is 354 g/mol. The van der Waals surface area contributed by atoms with Crippen LogP contribution in [-0.4, -0.2) is 48.4 Å². The molecule has 148 valence electrons. The van der Waals surface area contributed by atoms with Crippen LogP contribution < -0.4 is 10.1 Å². The number of fused-ring (bicyclic) bond motifs is 1. The summed E-state index contributed by atoms with van der Waals surface area (Å²) in [7, 11) is 2.07. The van der Waals surface area contributed by atoms with Gasteiger partial charge in [-0.3, -0.25) is 4.90 Å². The number of nitrogens with one attached hydrogen (secondary N) is 1. The third-order valence-corrected chi connectivity index (χ3v) is 5.24. The minimum absolute atomic E-state index is 0.108. The van der Waals surface area contributed by atoms with Crippen molar-refractivity contribution in [3.8, 4) is 5.75 Å². The summed E-state index contributed by atoms with van der Waals surface area (Å²) in [4.78, 5) is 16.7. The van der Waals surface area contributed by atoms with Gasteiger partial charge >= 0.3 is 6.03 Å². The van der Waals surface area contributed by atoms with Gasteiger partial charge in [0.25, 0.3) is 0 Å². The molecule has 2 amide bonds. The second kappa shape index (κ2) is 7.81. The molecule has 0 saturated carbocycles. The van der Waals surface area contributed by atoms with E-state index in [1.807, 2.05) is 37.3 Å². The number of aryl methyl sites for hydroxylation is 1. The molecule has 6 nitrogen and oxygen atoms in total. The molecule has 6 heteroatoms. The predicted octanol–water partition coefficient (Wildman–Crippen LogP) is 3.60. The molecule has 2 unspecified atom stereocenters. The second-order valence-corrected chi connectivity index (χ2v) is 7.66. The van der Waals surface area contributed by atoms with Crippen molar-refractivity contribution >= 4 is 11.7 Å². The quantitative estimate of drug-likeness (QED) is 0.822. The van der Waals surface area contributed by atoms with Gasteiger partial charge in [0.1, 0.15) is 18.6 Å². The van der Waals surface area contributed by atoms with Crippen molar-refractivity contribution in [2.45, 2.75) is 39.3 Å². The van der Waals surface area contributed by atoms with Crippen molar-refractivity contribution in [3.05, 3.63) is 59.2 Å². The number of benzene rings is 2. The maximum Gasteiger partial charge on any atom is 0.322 e. The number of carbonyl (C=O) groups excluding carboxylic acids is 1. The van der Waals surface area contributed by atoms with E-state index < -0.39 is 0 Å². The summed E-state index contributed by atoms with van der Waals surface area (Å²) in [5, 5.41) is 2.98. The van der Waals surface area contributed by atoms with Crippen molar-refractivity contribution in [3.63, 3.8) is 0 Å². The Balaban J connectivity index is 1.44. The van der Waals surface area contributed by atoms with Gasteiger partial charge in [0, 0.05) is 17.8 Å². The number of anilines is 1. The molecular formula is C22H27N3O3. The van der Waals surface area contributed by atoms with E-state index in [2.05, 4.69) is 36.3 Å². The fraction of sp³-hybridized carbons (Fsp3) is 0.409. The summed E-state index contributed by atoms with van der Waals surface area (Å²) in [5.74, 6) is 0.855. The molecule has 2 atom stereocenters. The SMILES string of the molecule is Cc1ccc(NC(=O)N2CCOc3ccc(CN(C)C4OC4C)cc3C2)cc1. The molecule has 0 radical (unpaired) electrons. The molecule has 2 aliphatic rings. The number of likely N-dealkylation sites (N-methyl/N-ethyl adjacent to an activating group) is 1. The van der Waals surface area contributed by atoms with Gasteiger partial charge in [0.2, 0.25) is 0 Å². The summed E-state index contributed by atoms with van der Waals surface area (Å²) >= 11 is 0. The molecule has 1 N–H and O–H groups in total. The Morgan fingerprint density at radius 2 is 2.00 bits per heavy atom. The normalized spacial score (nSPS) is 20.9. The number of amides is 2. The smallest absolute Gasteiger partial charge is 0.322 e. The van der Waals surface area contributed by atoms with Crippen LogP contribution in [0.25, 0.3) is 0 Å². The first-order valence-electron chi connectivity index (χ1n) is 9.72. The van der Waals surface area contributed by atoms with Crippen LogP contribution in [-0.2, 0) is 17.8 Å². The maximum absolute atomic E-state index is 12.7. The van der Waals surface area contributed by atoms with Crippen LogP contribution in [0.2, 0.25) is 0 Å². The molecule has 0 bridgehead atoms. The monoisotopic (exact) mass is 381 g/mol. The lowest BCUT2D eigenvalue weighted by Gasteiger charge is -2.21. The number of ether oxygens (including phenoxy) is 2. The molecule has 2 aromatic carbocycles. The third-order valence-electron chi connectivity index (χ3n) is 5.24. The van der Waals surface area contributed by atoms with Gasteiger partial charge in [-0.15, -0.1) is 0 Å². The van der Waals surface area contributed by atoms with E-state index in [4.69, 9.17) is 9.47 Å². The summed E-state index contributed by atoms with van der Waals surface area (Å²) in [6.07, 6.45) is 0.502. The van der Waals surface area contributed by atoms with Gasteiger partial charge in [0.05, 0.1) is 19.2 Å². The highest BCUT2D eigenvalue weighted by molar-refractivity contribution is 5.89. The molecule has 1 saturated heterocycles. The zero-order valence-electron chi connectivity index (χ0n) is 16.6. The van der Waals surface area contributed by atoms with Crippen LogP contribution in [0.5, 0.6) is 5.75 Å². The lowest BCUT2D eigenvalue weighted by atomic mass is 10.1. The standard InChI is InChI=1S/C22H27N3O3/c1-15-4-7-19(8-5-15)23-22(26)25-10-11-27-20-9-6-17(12-18(20)14-25)13-24(3)21-16(2)28-21/h4-9,12,16,21H,10-11,13-14H2,1-3H3,(H,23,26). The zero-order chi connectivity index (χ0) is 19.7. The Morgan fingerprint density at radius 1 is 1.25 bits per heavy atom. The fourth-order valence-corrected chi connectivity index (χ4v) is 3.57. The number of epoxide rings is 1. The second-order valence-electron chi connectivity index (χ2n) is 7.66. The number of carbonyl (C=O) groups is 1. The molecule has 2 aliphatic heterocycles. The minimum atomic E-state index is -0.108.